The van der Waals surface area contributed by atoms with Crippen molar-refractivity contribution in [2.45, 2.75) is 19.4 Å². The van der Waals surface area contributed by atoms with Gasteiger partial charge in [0.15, 0.2) is 0 Å². The number of halogens is 2. The van der Waals surface area contributed by atoms with Crippen LogP contribution >= 0.6 is 15.9 Å². The molecule has 0 fully saturated rings. The molecule has 0 aliphatic rings. The molecular formula is C16H16BrFO2. The number of rotatable bonds is 4. The van der Waals surface area contributed by atoms with Gasteiger partial charge in [-0.3, -0.25) is 0 Å². The second-order valence-electron chi connectivity index (χ2n) is 4.67. The molecule has 1 atom stereocenters. The summed E-state index contributed by atoms with van der Waals surface area (Å²) < 4.78 is 19.5. The molecule has 0 saturated heterocycles. The fourth-order valence-corrected chi connectivity index (χ4v) is 2.56. The largest absolute Gasteiger partial charge is 0.496 e. The van der Waals surface area contributed by atoms with E-state index >= 15 is 0 Å². The first-order valence-electron chi connectivity index (χ1n) is 6.28. The summed E-state index contributed by atoms with van der Waals surface area (Å²) in [4.78, 5) is 0. The van der Waals surface area contributed by atoms with Crippen LogP contribution in [0.2, 0.25) is 0 Å². The molecule has 0 bridgehead atoms. The fourth-order valence-electron chi connectivity index (χ4n) is 2.18. The number of aliphatic hydroxyl groups is 1. The summed E-state index contributed by atoms with van der Waals surface area (Å²) in [5, 5.41) is 10.2. The second kappa shape index (κ2) is 6.37. The summed E-state index contributed by atoms with van der Waals surface area (Å²) >= 11 is 3.13. The lowest BCUT2D eigenvalue weighted by Gasteiger charge is -2.14. The van der Waals surface area contributed by atoms with E-state index in [0.29, 0.717) is 16.5 Å². The summed E-state index contributed by atoms with van der Waals surface area (Å²) in [5.41, 5.74) is 2.23. The molecule has 0 radical (unpaired) electrons. The number of aliphatic hydroxyl groups excluding tert-OH is 1. The van der Waals surface area contributed by atoms with Crippen molar-refractivity contribution in [1.82, 2.24) is 0 Å². The summed E-state index contributed by atoms with van der Waals surface area (Å²) in [6.07, 6.45) is -0.515. The molecule has 2 rings (SSSR count). The Morgan fingerprint density at radius 2 is 2.05 bits per heavy atom. The minimum Gasteiger partial charge on any atom is -0.496 e. The van der Waals surface area contributed by atoms with Gasteiger partial charge in [-0.15, -0.1) is 0 Å². The minimum atomic E-state index is -0.875. The maximum absolute atomic E-state index is 13.9. The highest BCUT2D eigenvalue weighted by atomic mass is 79.9. The van der Waals surface area contributed by atoms with Gasteiger partial charge in [-0.1, -0.05) is 24.3 Å². The lowest BCUT2D eigenvalue weighted by atomic mass is 9.99. The molecule has 20 heavy (non-hydrogen) atoms. The van der Waals surface area contributed by atoms with Gasteiger partial charge in [0, 0.05) is 12.0 Å². The first-order chi connectivity index (χ1) is 9.52. The molecule has 0 spiro atoms. The van der Waals surface area contributed by atoms with E-state index < -0.39 is 11.9 Å². The molecule has 106 valence electrons. The maximum atomic E-state index is 13.9. The summed E-state index contributed by atoms with van der Waals surface area (Å²) in [6.45, 7) is 1.94. The van der Waals surface area contributed by atoms with Gasteiger partial charge >= 0.3 is 0 Å². The van der Waals surface area contributed by atoms with Crippen molar-refractivity contribution in [3.05, 3.63) is 63.4 Å². The standard InChI is InChI=1S/C16H16BrFO2/c1-10-8-11(6-7-15(10)20-2)9-14(19)12-4-3-5-13(17)16(12)18/h3-8,14,19H,9H2,1-2H3/t14-/m0/s1. The Morgan fingerprint density at radius 1 is 1.30 bits per heavy atom. The quantitative estimate of drug-likeness (QED) is 0.905. The predicted octanol–water partition coefficient (Wildman–Crippen LogP) is 4.18. The topological polar surface area (TPSA) is 29.5 Å². The first kappa shape index (κ1) is 15.0. The van der Waals surface area contributed by atoms with Crippen molar-refractivity contribution >= 4 is 15.9 Å². The molecule has 0 amide bonds. The zero-order valence-electron chi connectivity index (χ0n) is 11.4. The molecule has 0 saturated carbocycles. The Balaban J connectivity index is 2.21. The van der Waals surface area contributed by atoms with Gasteiger partial charge < -0.3 is 9.84 Å². The van der Waals surface area contributed by atoms with Crippen LogP contribution in [0.15, 0.2) is 40.9 Å². The van der Waals surface area contributed by atoms with Crippen LogP contribution in [0.3, 0.4) is 0 Å². The Labute approximate surface area is 126 Å². The van der Waals surface area contributed by atoms with Crippen molar-refractivity contribution in [3.63, 3.8) is 0 Å². The predicted molar refractivity (Wildman–Crippen MR) is 80.5 cm³/mol. The maximum Gasteiger partial charge on any atom is 0.143 e. The highest BCUT2D eigenvalue weighted by Gasteiger charge is 2.15. The molecule has 2 aromatic rings. The molecule has 0 aliphatic carbocycles. The van der Waals surface area contributed by atoms with Gasteiger partial charge in [0.1, 0.15) is 11.6 Å². The molecule has 2 aromatic carbocycles. The van der Waals surface area contributed by atoms with Crippen molar-refractivity contribution in [2.24, 2.45) is 0 Å². The van der Waals surface area contributed by atoms with Crippen LogP contribution < -0.4 is 4.74 Å². The van der Waals surface area contributed by atoms with E-state index in [1.165, 1.54) is 0 Å². The highest BCUT2D eigenvalue weighted by molar-refractivity contribution is 9.10. The smallest absolute Gasteiger partial charge is 0.143 e. The average Bonchev–Trinajstić information content (AvgIpc) is 2.42. The van der Waals surface area contributed by atoms with Crippen molar-refractivity contribution < 1.29 is 14.2 Å². The molecule has 1 N–H and O–H groups in total. The lowest BCUT2D eigenvalue weighted by Crippen LogP contribution is -2.05. The zero-order valence-corrected chi connectivity index (χ0v) is 12.9. The summed E-state index contributed by atoms with van der Waals surface area (Å²) in [7, 11) is 1.62. The van der Waals surface area contributed by atoms with Crippen LogP contribution in [0.25, 0.3) is 0 Å². The molecule has 0 unspecified atom stereocenters. The van der Waals surface area contributed by atoms with Crippen molar-refractivity contribution in [3.8, 4) is 5.75 Å². The lowest BCUT2D eigenvalue weighted by molar-refractivity contribution is 0.173. The Bertz CT molecular complexity index is 613. The summed E-state index contributed by atoms with van der Waals surface area (Å²) in [5.74, 6) is 0.391. The van der Waals surface area contributed by atoms with Crippen LogP contribution in [0.4, 0.5) is 4.39 Å². The zero-order chi connectivity index (χ0) is 14.7. The molecular weight excluding hydrogens is 323 g/mol. The van der Waals surface area contributed by atoms with Crippen molar-refractivity contribution in [1.29, 1.82) is 0 Å². The normalized spacial score (nSPS) is 12.2. The highest BCUT2D eigenvalue weighted by Crippen LogP contribution is 2.27. The monoisotopic (exact) mass is 338 g/mol. The van der Waals surface area contributed by atoms with E-state index in [0.717, 1.165) is 16.9 Å². The number of benzene rings is 2. The molecule has 0 aliphatic heterocycles. The fraction of sp³-hybridized carbons (Fsp3) is 0.250. The third-order valence-corrected chi connectivity index (χ3v) is 3.84. The van der Waals surface area contributed by atoms with E-state index in [-0.39, 0.29) is 0 Å². The third-order valence-electron chi connectivity index (χ3n) is 3.23. The van der Waals surface area contributed by atoms with Crippen LogP contribution in [-0.2, 0) is 6.42 Å². The van der Waals surface area contributed by atoms with Crippen LogP contribution in [-0.4, -0.2) is 12.2 Å². The Kier molecular flexibility index (Phi) is 4.78. The van der Waals surface area contributed by atoms with E-state index in [4.69, 9.17) is 4.74 Å². The molecule has 0 heterocycles. The van der Waals surface area contributed by atoms with E-state index in [2.05, 4.69) is 15.9 Å². The summed E-state index contributed by atoms with van der Waals surface area (Å²) in [6, 6.07) is 10.6. The molecule has 4 heteroatoms. The first-order valence-corrected chi connectivity index (χ1v) is 7.07. The van der Waals surface area contributed by atoms with Gasteiger partial charge in [-0.2, -0.15) is 0 Å². The number of methoxy groups -OCH3 is 1. The van der Waals surface area contributed by atoms with Crippen LogP contribution in [0, 0.1) is 12.7 Å². The van der Waals surface area contributed by atoms with Gasteiger partial charge in [-0.05, 0) is 46.1 Å². The third kappa shape index (κ3) is 3.19. The SMILES string of the molecule is COc1ccc(C[C@H](O)c2cccc(Br)c2F)cc1C. The van der Waals surface area contributed by atoms with Gasteiger partial charge in [-0.25, -0.2) is 4.39 Å². The van der Waals surface area contributed by atoms with Gasteiger partial charge in [0.25, 0.3) is 0 Å². The average molecular weight is 339 g/mol. The minimum absolute atomic E-state index is 0.299. The number of hydrogen-bond donors (Lipinski definition) is 1. The Morgan fingerprint density at radius 3 is 2.70 bits per heavy atom. The van der Waals surface area contributed by atoms with Crippen LogP contribution in [0.5, 0.6) is 5.75 Å². The van der Waals surface area contributed by atoms with Crippen LogP contribution in [0.1, 0.15) is 22.8 Å². The van der Waals surface area contributed by atoms with E-state index in [9.17, 15) is 9.50 Å². The van der Waals surface area contributed by atoms with E-state index in [1.54, 1.807) is 25.3 Å². The number of hydrogen-bond acceptors (Lipinski definition) is 2. The molecule has 2 nitrogen and oxygen atoms in total. The Hall–Kier alpha value is -1.39. The molecule has 0 aromatic heterocycles. The second-order valence-corrected chi connectivity index (χ2v) is 5.52. The van der Waals surface area contributed by atoms with Gasteiger partial charge in [0.05, 0.1) is 17.7 Å². The van der Waals surface area contributed by atoms with Gasteiger partial charge in [0.2, 0.25) is 0 Å². The van der Waals surface area contributed by atoms with Crippen molar-refractivity contribution in [2.75, 3.05) is 7.11 Å². The number of ether oxygens (including phenoxy) is 1. The number of aryl methyl sites for hydroxylation is 1. The van der Waals surface area contributed by atoms with E-state index in [1.807, 2.05) is 25.1 Å².